The SMILES string of the molecule is C[C@H](c1ccccc1)N(C)C(=O)COC(=O)CCN1C(=O)CSc2ccccc21. The van der Waals surface area contributed by atoms with Gasteiger partial charge in [0.15, 0.2) is 6.61 Å². The van der Waals surface area contributed by atoms with Crippen LogP contribution in [0.3, 0.4) is 0 Å². The van der Waals surface area contributed by atoms with Gasteiger partial charge in [0, 0.05) is 18.5 Å². The third-order valence-electron chi connectivity index (χ3n) is 4.96. The Kier molecular flexibility index (Phi) is 6.93. The molecule has 0 radical (unpaired) electrons. The van der Waals surface area contributed by atoms with Crippen LogP contribution in [0.15, 0.2) is 59.5 Å². The van der Waals surface area contributed by atoms with Gasteiger partial charge >= 0.3 is 5.97 Å². The molecule has 0 aliphatic carbocycles. The lowest BCUT2D eigenvalue weighted by atomic mass is 10.1. The van der Waals surface area contributed by atoms with Gasteiger partial charge in [0.2, 0.25) is 5.91 Å². The number of esters is 1. The average Bonchev–Trinajstić information content (AvgIpc) is 2.76. The minimum Gasteiger partial charge on any atom is -0.456 e. The highest BCUT2D eigenvalue weighted by Gasteiger charge is 2.25. The Labute approximate surface area is 174 Å². The summed E-state index contributed by atoms with van der Waals surface area (Å²) in [5, 5.41) is 0. The molecule has 0 spiro atoms. The molecule has 2 aromatic rings. The maximum Gasteiger partial charge on any atom is 0.308 e. The predicted octanol–water partition coefficient (Wildman–Crippen LogP) is 3.28. The summed E-state index contributed by atoms with van der Waals surface area (Å²) >= 11 is 1.50. The van der Waals surface area contributed by atoms with E-state index in [1.165, 1.54) is 11.8 Å². The minimum absolute atomic E-state index is 0.0333. The molecule has 0 N–H and O–H groups in total. The molecule has 29 heavy (non-hydrogen) atoms. The minimum atomic E-state index is -0.498. The second-order valence-electron chi connectivity index (χ2n) is 6.80. The summed E-state index contributed by atoms with van der Waals surface area (Å²) in [4.78, 5) is 40.9. The Hall–Kier alpha value is -2.80. The Bertz CT molecular complexity index is 887. The van der Waals surface area contributed by atoms with Crippen molar-refractivity contribution in [3.63, 3.8) is 0 Å². The fourth-order valence-corrected chi connectivity index (χ4v) is 4.03. The summed E-state index contributed by atoms with van der Waals surface area (Å²) in [6.45, 7) is 1.85. The molecule has 0 saturated heterocycles. The Morgan fingerprint density at radius 2 is 1.83 bits per heavy atom. The smallest absolute Gasteiger partial charge is 0.308 e. The van der Waals surface area contributed by atoms with Gasteiger partial charge in [-0.25, -0.2) is 0 Å². The van der Waals surface area contributed by atoms with Crippen LogP contribution in [0.4, 0.5) is 5.69 Å². The van der Waals surface area contributed by atoms with Gasteiger partial charge in [-0.3, -0.25) is 14.4 Å². The fraction of sp³-hybridized carbons (Fsp3) is 0.318. The first-order valence-electron chi connectivity index (χ1n) is 9.46. The van der Waals surface area contributed by atoms with E-state index in [0.717, 1.165) is 16.1 Å². The lowest BCUT2D eigenvalue weighted by molar-refractivity contribution is -0.152. The van der Waals surface area contributed by atoms with Crippen LogP contribution in [0.5, 0.6) is 0 Å². The van der Waals surface area contributed by atoms with Crippen LogP contribution < -0.4 is 4.90 Å². The molecule has 1 aliphatic heterocycles. The molecule has 1 heterocycles. The van der Waals surface area contributed by atoms with Crippen molar-refractivity contribution in [2.45, 2.75) is 24.3 Å². The van der Waals surface area contributed by atoms with Crippen LogP contribution in [-0.4, -0.2) is 48.6 Å². The number of nitrogens with zero attached hydrogens (tertiary/aromatic N) is 2. The molecule has 0 fully saturated rings. The third kappa shape index (κ3) is 5.17. The second-order valence-corrected chi connectivity index (χ2v) is 7.82. The van der Waals surface area contributed by atoms with Crippen LogP contribution in [0.25, 0.3) is 0 Å². The van der Waals surface area contributed by atoms with Crippen molar-refractivity contribution in [3.05, 3.63) is 60.2 Å². The summed E-state index contributed by atoms with van der Waals surface area (Å²) in [6, 6.07) is 17.2. The van der Waals surface area contributed by atoms with E-state index in [1.54, 1.807) is 16.8 Å². The maximum atomic E-state index is 12.4. The first-order valence-corrected chi connectivity index (χ1v) is 10.4. The van der Waals surface area contributed by atoms with Gasteiger partial charge in [-0.1, -0.05) is 42.5 Å². The van der Waals surface area contributed by atoms with Crippen LogP contribution in [0.1, 0.15) is 24.9 Å². The van der Waals surface area contributed by atoms with Crippen LogP contribution in [0, 0.1) is 0 Å². The number of hydrogen-bond acceptors (Lipinski definition) is 5. The second kappa shape index (κ2) is 9.60. The van der Waals surface area contributed by atoms with E-state index in [0.29, 0.717) is 5.75 Å². The summed E-state index contributed by atoms with van der Waals surface area (Å²) < 4.78 is 5.15. The molecule has 0 saturated carbocycles. The molecule has 0 aromatic heterocycles. The fourth-order valence-electron chi connectivity index (χ4n) is 3.09. The molecule has 2 aromatic carbocycles. The Balaban J connectivity index is 1.49. The van der Waals surface area contributed by atoms with Gasteiger partial charge in [-0.2, -0.15) is 0 Å². The predicted molar refractivity (Wildman–Crippen MR) is 113 cm³/mol. The zero-order valence-corrected chi connectivity index (χ0v) is 17.4. The number of benzene rings is 2. The molecule has 6 nitrogen and oxygen atoms in total. The monoisotopic (exact) mass is 412 g/mol. The largest absolute Gasteiger partial charge is 0.456 e. The molecular formula is C22H24N2O4S. The molecule has 3 rings (SSSR count). The molecule has 1 aliphatic rings. The lowest BCUT2D eigenvalue weighted by Gasteiger charge is -2.28. The number of carbonyl (C=O) groups excluding carboxylic acids is 3. The Morgan fingerprint density at radius 3 is 2.59 bits per heavy atom. The molecule has 152 valence electrons. The number of thioether (sulfide) groups is 1. The molecule has 0 bridgehead atoms. The van der Waals surface area contributed by atoms with Crippen molar-refractivity contribution in [3.8, 4) is 0 Å². The number of rotatable bonds is 7. The van der Waals surface area contributed by atoms with Crippen molar-refractivity contribution in [1.29, 1.82) is 0 Å². The highest BCUT2D eigenvalue weighted by molar-refractivity contribution is 8.00. The van der Waals surface area contributed by atoms with Gasteiger partial charge in [0.25, 0.3) is 5.91 Å². The number of para-hydroxylation sites is 1. The zero-order valence-electron chi connectivity index (χ0n) is 16.5. The standard InChI is InChI=1S/C22H24N2O4S/c1-16(17-8-4-3-5-9-17)23(2)20(25)14-28-22(27)12-13-24-18-10-6-7-11-19(18)29-15-21(24)26/h3-11,16H,12-15H2,1-2H3/t16-/m1/s1. The molecule has 2 amide bonds. The third-order valence-corrected chi connectivity index (χ3v) is 6.01. The normalized spacial score (nSPS) is 14.1. The lowest BCUT2D eigenvalue weighted by Crippen LogP contribution is -2.37. The highest BCUT2D eigenvalue weighted by atomic mass is 32.2. The summed E-state index contributed by atoms with van der Waals surface area (Å²) in [6.07, 6.45) is 0.0377. The Morgan fingerprint density at radius 1 is 1.14 bits per heavy atom. The number of ether oxygens (including phenoxy) is 1. The number of carbonyl (C=O) groups is 3. The molecular weight excluding hydrogens is 388 g/mol. The number of hydrogen-bond donors (Lipinski definition) is 0. The maximum absolute atomic E-state index is 12.4. The van der Waals surface area contributed by atoms with E-state index in [2.05, 4.69) is 0 Å². The van der Waals surface area contributed by atoms with Crippen molar-refractivity contribution < 1.29 is 19.1 Å². The van der Waals surface area contributed by atoms with Gasteiger partial charge in [-0.15, -0.1) is 11.8 Å². The average molecular weight is 413 g/mol. The number of anilines is 1. The van der Waals surface area contributed by atoms with E-state index in [1.807, 2.05) is 61.5 Å². The summed E-state index contributed by atoms with van der Waals surface area (Å²) in [5.41, 5.74) is 1.82. The van der Waals surface area contributed by atoms with Gasteiger partial charge in [0.05, 0.1) is 23.9 Å². The molecule has 0 unspecified atom stereocenters. The van der Waals surface area contributed by atoms with E-state index in [-0.39, 0.29) is 37.4 Å². The topological polar surface area (TPSA) is 66.9 Å². The number of fused-ring (bicyclic) bond motifs is 1. The van der Waals surface area contributed by atoms with Crippen LogP contribution >= 0.6 is 11.8 Å². The van der Waals surface area contributed by atoms with Crippen LogP contribution in [-0.2, 0) is 19.1 Å². The van der Waals surface area contributed by atoms with Gasteiger partial charge in [-0.05, 0) is 24.6 Å². The first-order chi connectivity index (χ1) is 14.0. The summed E-state index contributed by atoms with van der Waals surface area (Å²) in [7, 11) is 1.69. The zero-order chi connectivity index (χ0) is 20.8. The van der Waals surface area contributed by atoms with Crippen LogP contribution in [0.2, 0.25) is 0 Å². The first kappa shape index (κ1) is 20.9. The molecule has 1 atom stereocenters. The number of likely N-dealkylation sites (N-methyl/N-ethyl adjacent to an activating group) is 1. The van der Waals surface area contributed by atoms with Crippen molar-refractivity contribution >= 4 is 35.2 Å². The number of amides is 2. The van der Waals surface area contributed by atoms with E-state index in [9.17, 15) is 14.4 Å². The quantitative estimate of drug-likeness (QED) is 0.653. The van der Waals surface area contributed by atoms with Crippen molar-refractivity contribution in [2.24, 2.45) is 0 Å². The van der Waals surface area contributed by atoms with Gasteiger partial charge < -0.3 is 14.5 Å². The van der Waals surface area contributed by atoms with Gasteiger partial charge in [0.1, 0.15) is 0 Å². The molecule has 7 heteroatoms. The van der Waals surface area contributed by atoms with Crippen molar-refractivity contribution in [1.82, 2.24) is 4.90 Å². The van der Waals surface area contributed by atoms with E-state index < -0.39 is 5.97 Å². The van der Waals surface area contributed by atoms with E-state index >= 15 is 0 Å². The highest BCUT2D eigenvalue weighted by Crippen LogP contribution is 2.34. The summed E-state index contributed by atoms with van der Waals surface area (Å²) in [5.74, 6) is -0.450. The van der Waals surface area contributed by atoms with E-state index in [4.69, 9.17) is 4.74 Å². The van der Waals surface area contributed by atoms with Crippen molar-refractivity contribution in [2.75, 3.05) is 30.9 Å².